The third-order valence-corrected chi connectivity index (χ3v) is 2.27. The predicted molar refractivity (Wildman–Crippen MR) is 64.6 cm³/mol. The molecule has 1 heterocycles. The molecule has 2 heteroatoms. The Morgan fingerprint density at radius 1 is 1.19 bits per heavy atom. The van der Waals surface area contributed by atoms with Crippen molar-refractivity contribution in [3.8, 4) is 23.7 Å². The Hall–Kier alpha value is -0.960. The van der Waals surface area contributed by atoms with Gasteiger partial charge in [-0.1, -0.05) is 24.7 Å². The summed E-state index contributed by atoms with van der Waals surface area (Å²) >= 11 is 0. The van der Waals surface area contributed by atoms with Gasteiger partial charge in [0.25, 0.3) is 0 Å². The first-order valence-electron chi connectivity index (χ1n) is 6.08. The van der Waals surface area contributed by atoms with Crippen LogP contribution in [0.5, 0.6) is 0 Å². The zero-order valence-corrected chi connectivity index (χ0v) is 10.1. The number of ether oxygens (including phenoxy) is 2. The van der Waals surface area contributed by atoms with Crippen LogP contribution in [0.2, 0.25) is 0 Å². The molecule has 1 unspecified atom stereocenters. The minimum Gasteiger partial charge on any atom is -0.353 e. The van der Waals surface area contributed by atoms with E-state index in [2.05, 4.69) is 23.7 Å². The highest BCUT2D eigenvalue weighted by Gasteiger charge is 2.12. The molecule has 0 radical (unpaired) electrons. The molecule has 1 fully saturated rings. The van der Waals surface area contributed by atoms with Crippen molar-refractivity contribution in [1.29, 1.82) is 0 Å². The van der Waals surface area contributed by atoms with Crippen LogP contribution in [0.3, 0.4) is 0 Å². The lowest BCUT2D eigenvalue weighted by molar-refractivity contribution is -0.161. The van der Waals surface area contributed by atoms with Crippen molar-refractivity contribution >= 4 is 0 Å². The number of rotatable bonds is 3. The molecule has 0 aromatic carbocycles. The van der Waals surface area contributed by atoms with E-state index in [1.807, 2.05) is 6.92 Å². The molecule has 1 aliphatic rings. The molecule has 1 rings (SSSR count). The Bertz CT molecular complexity index is 281. The van der Waals surface area contributed by atoms with E-state index in [0.717, 1.165) is 32.3 Å². The molecule has 0 amide bonds. The van der Waals surface area contributed by atoms with Crippen LogP contribution in [0.15, 0.2) is 0 Å². The van der Waals surface area contributed by atoms with Gasteiger partial charge >= 0.3 is 0 Å². The monoisotopic (exact) mass is 220 g/mol. The lowest BCUT2D eigenvalue weighted by Crippen LogP contribution is -2.22. The van der Waals surface area contributed by atoms with Gasteiger partial charge in [-0.25, -0.2) is 0 Å². The van der Waals surface area contributed by atoms with Crippen LogP contribution in [0.1, 0.15) is 45.4 Å². The summed E-state index contributed by atoms with van der Waals surface area (Å²) in [4.78, 5) is 0. The third-order valence-electron chi connectivity index (χ3n) is 2.27. The van der Waals surface area contributed by atoms with E-state index in [1.54, 1.807) is 0 Å². The highest BCUT2D eigenvalue weighted by Crippen LogP contribution is 2.13. The van der Waals surface area contributed by atoms with Crippen LogP contribution in [-0.4, -0.2) is 19.5 Å². The summed E-state index contributed by atoms with van der Waals surface area (Å²) in [7, 11) is 0. The van der Waals surface area contributed by atoms with Crippen LogP contribution in [0, 0.1) is 23.7 Å². The van der Waals surface area contributed by atoms with Crippen molar-refractivity contribution in [2.75, 3.05) is 13.2 Å². The van der Waals surface area contributed by atoms with Crippen LogP contribution < -0.4 is 0 Å². The average molecular weight is 220 g/mol. The largest absolute Gasteiger partial charge is 0.353 e. The van der Waals surface area contributed by atoms with Crippen LogP contribution in [0.25, 0.3) is 0 Å². The second-order valence-corrected chi connectivity index (χ2v) is 3.65. The van der Waals surface area contributed by atoms with E-state index in [-0.39, 0.29) is 6.29 Å². The second kappa shape index (κ2) is 9.28. The van der Waals surface area contributed by atoms with Gasteiger partial charge in [0, 0.05) is 19.4 Å². The van der Waals surface area contributed by atoms with Crippen molar-refractivity contribution in [2.45, 2.75) is 51.7 Å². The second-order valence-electron chi connectivity index (χ2n) is 3.65. The molecule has 1 aliphatic heterocycles. The molecule has 16 heavy (non-hydrogen) atoms. The smallest absolute Gasteiger partial charge is 0.157 e. The molecule has 0 saturated carbocycles. The van der Waals surface area contributed by atoms with Crippen LogP contribution in [0.4, 0.5) is 0 Å². The van der Waals surface area contributed by atoms with E-state index in [9.17, 15) is 0 Å². The summed E-state index contributed by atoms with van der Waals surface area (Å²) < 4.78 is 11.0. The predicted octanol–water partition coefficient (Wildman–Crippen LogP) is 2.73. The first-order chi connectivity index (χ1) is 7.93. The summed E-state index contributed by atoms with van der Waals surface area (Å²) in [5.41, 5.74) is 0. The fraction of sp³-hybridized carbons (Fsp3) is 0.714. The first-order valence-corrected chi connectivity index (χ1v) is 6.08. The van der Waals surface area contributed by atoms with E-state index in [4.69, 9.17) is 9.47 Å². The van der Waals surface area contributed by atoms with E-state index in [1.165, 1.54) is 6.42 Å². The minimum absolute atomic E-state index is 0.00966. The normalized spacial score (nSPS) is 19.2. The van der Waals surface area contributed by atoms with Gasteiger partial charge < -0.3 is 9.47 Å². The SMILES string of the molecule is CCC#CCC#CCCOC1CCCCO1. The molecule has 0 N–H and O–H groups in total. The Kier molecular flexibility index (Phi) is 7.60. The van der Waals surface area contributed by atoms with Crippen molar-refractivity contribution < 1.29 is 9.47 Å². The van der Waals surface area contributed by atoms with Crippen molar-refractivity contribution in [2.24, 2.45) is 0 Å². The molecular formula is C14H20O2. The van der Waals surface area contributed by atoms with Gasteiger partial charge in [0.1, 0.15) is 0 Å². The molecule has 0 bridgehead atoms. The molecule has 2 nitrogen and oxygen atoms in total. The van der Waals surface area contributed by atoms with Crippen molar-refractivity contribution in [3.05, 3.63) is 0 Å². The molecule has 0 spiro atoms. The van der Waals surface area contributed by atoms with E-state index in [0.29, 0.717) is 13.0 Å². The third kappa shape index (κ3) is 6.51. The zero-order chi connectivity index (χ0) is 11.5. The summed E-state index contributed by atoms with van der Waals surface area (Å²) in [5.74, 6) is 12.0. The molecule has 1 atom stereocenters. The Balaban J connectivity index is 1.97. The maximum atomic E-state index is 5.55. The number of hydrogen-bond donors (Lipinski definition) is 0. The van der Waals surface area contributed by atoms with Gasteiger partial charge in [-0.3, -0.25) is 0 Å². The highest BCUT2D eigenvalue weighted by molar-refractivity contribution is 5.11. The molecule has 1 saturated heterocycles. The molecular weight excluding hydrogens is 200 g/mol. The van der Waals surface area contributed by atoms with E-state index >= 15 is 0 Å². The number of hydrogen-bond acceptors (Lipinski definition) is 2. The molecule has 88 valence electrons. The Labute approximate surface area is 98.7 Å². The summed E-state index contributed by atoms with van der Waals surface area (Å²) in [5, 5.41) is 0. The fourth-order valence-electron chi connectivity index (χ4n) is 1.47. The Morgan fingerprint density at radius 3 is 2.81 bits per heavy atom. The van der Waals surface area contributed by atoms with Crippen molar-refractivity contribution in [1.82, 2.24) is 0 Å². The van der Waals surface area contributed by atoms with Gasteiger partial charge in [-0.15, -0.1) is 5.92 Å². The van der Waals surface area contributed by atoms with Gasteiger partial charge in [-0.05, 0) is 19.3 Å². The lowest BCUT2D eigenvalue weighted by atomic mass is 10.2. The summed E-state index contributed by atoms with van der Waals surface area (Å²) in [6, 6.07) is 0. The molecule has 0 aromatic heterocycles. The van der Waals surface area contributed by atoms with Crippen LogP contribution >= 0.6 is 0 Å². The first kappa shape index (κ1) is 13.1. The standard InChI is InChI=1S/C14H20O2/c1-2-3-4-5-6-7-9-12-15-14-11-8-10-13-16-14/h14H,2,5,8-13H2,1H3. The quantitative estimate of drug-likeness (QED) is 0.538. The highest BCUT2D eigenvalue weighted by atomic mass is 16.7. The minimum atomic E-state index is 0.00966. The van der Waals surface area contributed by atoms with Gasteiger partial charge in [0.15, 0.2) is 6.29 Å². The van der Waals surface area contributed by atoms with Gasteiger partial charge in [0.2, 0.25) is 0 Å². The fourth-order valence-corrected chi connectivity index (χ4v) is 1.47. The van der Waals surface area contributed by atoms with Gasteiger partial charge in [-0.2, -0.15) is 0 Å². The van der Waals surface area contributed by atoms with Crippen molar-refractivity contribution in [3.63, 3.8) is 0 Å². The molecule has 0 aromatic rings. The maximum Gasteiger partial charge on any atom is 0.157 e. The van der Waals surface area contributed by atoms with Gasteiger partial charge in [0.05, 0.1) is 13.0 Å². The topological polar surface area (TPSA) is 18.5 Å². The zero-order valence-electron chi connectivity index (χ0n) is 10.1. The average Bonchev–Trinajstić information content (AvgIpc) is 2.34. The molecule has 0 aliphatic carbocycles. The summed E-state index contributed by atoms with van der Waals surface area (Å²) in [6.45, 7) is 3.54. The maximum absolute atomic E-state index is 5.55. The Morgan fingerprint density at radius 2 is 2.06 bits per heavy atom. The van der Waals surface area contributed by atoms with E-state index < -0.39 is 0 Å². The lowest BCUT2D eigenvalue weighted by Gasteiger charge is -2.22. The summed E-state index contributed by atoms with van der Waals surface area (Å²) in [6.07, 6.45) is 5.76. The van der Waals surface area contributed by atoms with Crippen LogP contribution in [-0.2, 0) is 9.47 Å².